The fourth-order valence-corrected chi connectivity index (χ4v) is 5.43. The van der Waals surface area contributed by atoms with Gasteiger partial charge in [0.05, 0.1) is 18.5 Å². The van der Waals surface area contributed by atoms with Crippen LogP contribution in [0.1, 0.15) is 52.7 Å². The summed E-state index contributed by atoms with van der Waals surface area (Å²) in [5.74, 6) is 6.03. The summed E-state index contributed by atoms with van der Waals surface area (Å²) >= 11 is 0. The molecule has 2 aromatic heterocycles. The number of methoxy groups -OCH3 is 1. The van der Waals surface area contributed by atoms with Crippen molar-refractivity contribution >= 4 is 17.5 Å². The van der Waals surface area contributed by atoms with E-state index in [0.717, 1.165) is 83.5 Å². The molecule has 1 aliphatic carbocycles. The van der Waals surface area contributed by atoms with E-state index in [1.54, 1.807) is 13.4 Å². The molecule has 1 fully saturated rings. The number of piperidine rings is 1. The minimum atomic E-state index is 0.393. The standard InChI is InChI=1S/C31H29N5O/c1-4-21-8-10-22(11-9-21)25-17-27-28(18-25)32-19-33-31(27)36-14-12-23(13-15-36)30-34-20(2)29(35-30)24-6-5-7-26(16-24)37-3/h1,5-11,16-17,19,23H,12-15,18H2,2-3H3,(H,34,35). The van der Waals surface area contributed by atoms with Gasteiger partial charge in [-0.05, 0) is 61.2 Å². The zero-order valence-corrected chi connectivity index (χ0v) is 21.2. The second kappa shape index (κ2) is 9.59. The molecule has 0 radical (unpaired) electrons. The average molecular weight is 488 g/mol. The van der Waals surface area contributed by atoms with Gasteiger partial charge in [-0.1, -0.05) is 30.2 Å². The molecule has 37 heavy (non-hydrogen) atoms. The van der Waals surface area contributed by atoms with Crippen molar-refractivity contribution < 1.29 is 4.74 Å². The number of hydrogen-bond donors (Lipinski definition) is 1. The van der Waals surface area contributed by atoms with E-state index in [0.29, 0.717) is 5.92 Å². The summed E-state index contributed by atoms with van der Waals surface area (Å²) in [6.07, 6.45) is 12.3. The van der Waals surface area contributed by atoms with Crippen molar-refractivity contribution in [1.29, 1.82) is 0 Å². The Morgan fingerprint density at radius 2 is 1.86 bits per heavy atom. The molecular formula is C31H29N5O. The Labute approximate surface area is 217 Å². The smallest absolute Gasteiger partial charge is 0.139 e. The monoisotopic (exact) mass is 487 g/mol. The molecule has 1 saturated heterocycles. The highest BCUT2D eigenvalue weighted by atomic mass is 16.5. The van der Waals surface area contributed by atoms with Gasteiger partial charge in [-0.15, -0.1) is 6.42 Å². The Bertz CT molecular complexity index is 1520. The first-order valence-electron chi connectivity index (χ1n) is 12.7. The summed E-state index contributed by atoms with van der Waals surface area (Å²) in [5.41, 5.74) is 8.73. The van der Waals surface area contributed by atoms with E-state index in [4.69, 9.17) is 21.1 Å². The molecule has 6 heteroatoms. The van der Waals surface area contributed by atoms with Crippen LogP contribution < -0.4 is 9.64 Å². The molecule has 1 N–H and O–H groups in total. The molecular weight excluding hydrogens is 458 g/mol. The lowest BCUT2D eigenvalue weighted by Crippen LogP contribution is -2.34. The Balaban J connectivity index is 1.18. The summed E-state index contributed by atoms with van der Waals surface area (Å²) in [4.78, 5) is 20.3. The van der Waals surface area contributed by atoms with Crippen LogP contribution in [0.2, 0.25) is 0 Å². The highest BCUT2D eigenvalue weighted by Crippen LogP contribution is 2.37. The number of imidazole rings is 1. The van der Waals surface area contributed by atoms with Gasteiger partial charge in [0, 0.05) is 47.8 Å². The second-order valence-electron chi connectivity index (χ2n) is 9.71. The predicted molar refractivity (Wildman–Crippen MR) is 147 cm³/mol. The number of allylic oxidation sites excluding steroid dienone is 1. The maximum Gasteiger partial charge on any atom is 0.139 e. The molecule has 0 bridgehead atoms. The lowest BCUT2D eigenvalue weighted by Gasteiger charge is -2.32. The number of nitrogens with one attached hydrogen (secondary N) is 1. The maximum atomic E-state index is 5.52. The largest absolute Gasteiger partial charge is 0.497 e. The molecule has 0 spiro atoms. The number of terminal acetylenes is 1. The van der Waals surface area contributed by atoms with Crippen molar-refractivity contribution in [2.24, 2.45) is 0 Å². The fraction of sp³-hybridized carbons (Fsp3) is 0.258. The van der Waals surface area contributed by atoms with E-state index >= 15 is 0 Å². The summed E-state index contributed by atoms with van der Waals surface area (Å²) in [6.45, 7) is 3.96. The average Bonchev–Trinajstić information content (AvgIpc) is 3.57. The molecule has 4 aromatic rings. The lowest BCUT2D eigenvalue weighted by molar-refractivity contribution is 0.415. The maximum absolute atomic E-state index is 5.52. The first-order valence-corrected chi connectivity index (χ1v) is 12.7. The third kappa shape index (κ3) is 4.38. The van der Waals surface area contributed by atoms with Gasteiger partial charge >= 0.3 is 0 Å². The fourth-order valence-electron chi connectivity index (χ4n) is 5.43. The van der Waals surface area contributed by atoms with Gasteiger partial charge in [0.1, 0.15) is 23.7 Å². The van der Waals surface area contributed by atoms with Crippen LogP contribution in [0.4, 0.5) is 5.82 Å². The van der Waals surface area contributed by atoms with E-state index < -0.39 is 0 Å². The van der Waals surface area contributed by atoms with Crippen LogP contribution in [-0.2, 0) is 6.42 Å². The number of aromatic nitrogens is 4. The van der Waals surface area contributed by atoms with Crippen molar-refractivity contribution in [2.45, 2.75) is 32.1 Å². The van der Waals surface area contributed by atoms with Crippen LogP contribution in [0, 0.1) is 19.3 Å². The van der Waals surface area contributed by atoms with Gasteiger partial charge < -0.3 is 14.6 Å². The minimum absolute atomic E-state index is 0.393. The SMILES string of the molecule is C#Cc1ccc(C2=Cc3c(ncnc3N3CCC(c4nc(-c5cccc(OC)c5)c(C)[nH]4)CC3)C2)cc1. The van der Waals surface area contributed by atoms with Crippen molar-refractivity contribution in [3.8, 4) is 29.4 Å². The van der Waals surface area contributed by atoms with Gasteiger partial charge in [-0.2, -0.15) is 0 Å². The molecule has 2 aliphatic rings. The zero-order chi connectivity index (χ0) is 25.4. The van der Waals surface area contributed by atoms with E-state index in [1.807, 2.05) is 30.3 Å². The van der Waals surface area contributed by atoms with Gasteiger partial charge in [-0.3, -0.25) is 0 Å². The number of fused-ring (bicyclic) bond motifs is 1. The minimum Gasteiger partial charge on any atom is -0.497 e. The summed E-state index contributed by atoms with van der Waals surface area (Å²) in [5, 5.41) is 0. The van der Waals surface area contributed by atoms with Crippen LogP contribution in [-0.4, -0.2) is 40.1 Å². The van der Waals surface area contributed by atoms with Gasteiger partial charge in [0.25, 0.3) is 0 Å². The number of H-pyrrole nitrogens is 1. The van der Waals surface area contributed by atoms with Crippen LogP contribution in [0.3, 0.4) is 0 Å². The molecule has 1 aliphatic heterocycles. The van der Waals surface area contributed by atoms with Gasteiger partial charge in [0.15, 0.2) is 0 Å². The van der Waals surface area contributed by atoms with Crippen molar-refractivity contribution in [2.75, 3.05) is 25.1 Å². The molecule has 0 saturated carbocycles. The lowest BCUT2D eigenvalue weighted by atomic mass is 9.96. The number of hydrogen-bond acceptors (Lipinski definition) is 5. The molecule has 184 valence electrons. The number of nitrogens with zero attached hydrogens (tertiary/aromatic N) is 4. The van der Waals surface area contributed by atoms with Gasteiger partial charge in [0.2, 0.25) is 0 Å². The van der Waals surface area contributed by atoms with Crippen LogP contribution >= 0.6 is 0 Å². The Morgan fingerprint density at radius 1 is 1.05 bits per heavy atom. The molecule has 6 rings (SSSR count). The number of rotatable bonds is 5. The van der Waals surface area contributed by atoms with E-state index in [9.17, 15) is 0 Å². The quantitative estimate of drug-likeness (QED) is 0.369. The Hall–Kier alpha value is -4.37. The normalized spacial score (nSPS) is 15.3. The summed E-state index contributed by atoms with van der Waals surface area (Å²) < 4.78 is 5.40. The topological polar surface area (TPSA) is 66.9 Å². The molecule has 0 amide bonds. The highest BCUT2D eigenvalue weighted by Gasteiger charge is 2.28. The van der Waals surface area contributed by atoms with Crippen molar-refractivity contribution in [1.82, 2.24) is 19.9 Å². The molecule has 6 nitrogen and oxygen atoms in total. The number of aromatic amines is 1. The molecule has 2 aromatic carbocycles. The molecule has 3 heterocycles. The van der Waals surface area contributed by atoms with Gasteiger partial charge in [-0.25, -0.2) is 15.0 Å². The first kappa shape index (κ1) is 23.1. The van der Waals surface area contributed by atoms with E-state index in [-0.39, 0.29) is 0 Å². The molecule has 0 unspecified atom stereocenters. The summed E-state index contributed by atoms with van der Waals surface area (Å²) in [6, 6.07) is 16.3. The Kier molecular flexibility index (Phi) is 5.97. The second-order valence-corrected chi connectivity index (χ2v) is 9.71. The summed E-state index contributed by atoms with van der Waals surface area (Å²) in [7, 11) is 1.69. The Morgan fingerprint density at radius 3 is 2.62 bits per heavy atom. The van der Waals surface area contributed by atoms with Crippen LogP contribution in [0.25, 0.3) is 22.9 Å². The number of anilines is 1. The number of ether oxygens (including phenoxy) is 1. The molecule has 0 atom stereocenters. The number of aryl methyl sites for hydroxylation is 1. The number of benzene rings is 2. The van der Waals surface area contributed by atoms with Crippen LogP contribution in [0.5, 0.6) is 5.75 Å². The third-order valence-electron chi connectivity index (χ3n) is 7.47. The highest BCUT2D eigenvalue weighted by molar-refractivity contribution is 5.91. The van der Waals surface area contributed by atoms with E-state index in [1.165, 1.54) is 11.1 Å². The van der Waals surface area contributed by atoms with E-state index in [2.05, 4.69) is 52.0 Å². The first-order chi connectivity index (χ1) is 18.1. The van der Waals surface area contributed by atoms with Crippen molar-refractivity contribution in [3.63, 3.8) is 0 Å². The zero-order valence-electron chi connectivity index (χ0n) is 21.2. The third-order valence-corrected chi connectivity index (χ3v) is 7.47. The predicted octanol–water partition coefficient (Wildman–Crippen LogP) is 5.65. The van der Waals surface area contributed by atoms with Crippen LogP contribution in [0.15, 0.2) is 54.9 Å². The van der Waals surface area contributed by atoms with Crippen molar-refractivity contribution in [3.05, 3.63) is 88.8 Å².